The van der Waals surface area contributed by atoms with Gasteiger partial charge in [0.2, 0.25) is 15.9 Å². The SMILES string of the molecule is Cc1noc(C)c1S(=O)(=O)N1CCC(C(C)C(=O)NCCN(C)C)CC1. The van der Waals surface area contributed by atoms with Gasteiger partial charge >= 0.3 is 0 Å². The number of likely N-dealkylation sites (N-methyl/N-ethyl adjacent to an activating group) is 1. The Balaban J connectivity index is 1.93. The second-order valence-electron chi connectivity index (χ2n) is 7.28. The lowest BCUT2D eigenvalue weighted by Crippen LogP contribution is -2.43. The molecule has 0 radical (unpaired) electrons. The predicted octanol–water partition coefficient (Wildman–Crippen LogP) is 1.01. The van der Waals surface area contributed by atoms with Gasteiger partial charge in [-0.1, -0.05) is 12.1 Å². The van der Waals surface area contributed by atoms with Crippen LogP contribution in [0.4, 0.5) is 0 Å². The Morgan fingerprint density at radius 2 is 1.96 bits per heavy atom. The highest BCUT2D eigenvalue weighted by Gasteiger charge is 2.36. The van der Waals surface area contributed by atoms with Gasteiger partial charge < -0.3 is 14.7 Å². The zero-order chi connectivity index (χ0) is 19.5. The molecule has 26 heavy (non-hydrogen) atoms. The third-order valence-corrected chi connectivity index (χ3v) is 7.19. The molecule has 0 aromatic carbocycles. The fourth-order valence-electron chi connectivity index (χ4n) is 3.37. The molecule has 9 heteroatoms. The Kier molecular flexibility index (Phi) is 6.81. The van der Waals surface area contributed by atoms with Crippen molar-refractivity contribution >= 4 is 15.9 Å². The van der Waals surface area contributed by atoms with E-state index in [4.69, 9.17) is 4.52 Å². The summed E-state index contributed by atoms with van der Waals surface area (Å²) >= 11 is 0. The van der Waals surface area contributed by atoms with Crippen LogP contribution in [0.25, 0.3) is 0 Å². The van der Waals surface area contributed by atoms with Gasteiger partial charge in [0.25, 0.3) is 0 Å². The van der Waals surface area contributed by atoms with Crippen LogP contribution in [0.1, 0.15) is 31.2 Å². The highest BCUT2D eigenvalue weighted by molar-refractivity contribution is 7.89. The molecule has 1 aliphatic rings. The summed E-state index contributed by atoms with van der Waals surface area (Å²) in [5.74, 6) is 0.420. The molecule has 2 rings (SSSR count). The number of carbonyl (C=O) groups excluding carboxylic acids is 1. The number of amides is 1. The minimum Gasteiger partial charge on any atom is -0.360 e. The first-order chi connectivity index (χ1) is 12.1. The first-order valence-corrected chi connectivity index (χ1v) is 10.4. The number of hydrogen-bond donors (Lipinski definition) is 1. The molecule has 1 amide bonds. The number of carbonyl (C=O) groups is 1. The van der Waals surface area contributed by atoms with Crippen molar-refractivity contribution in [1.82, 2.24) is 19.7 Å². The summed E-state index contributed by atoms with van der Waals surface area (Å²) in [6.45, 7) is 7.41. The van der Waals surface area contributed by atoms with Crippen molar-refractivity contribution in [2.45, 2.75) is 38.5 Å². The van der Waals surface area contributed by atoms with Crippen LogP contribution in [-0.4, -0.2) is 69.0 Å². The molecule has 1 aromatic heterocycles. The quantitative estimate of drug-likeness (QED) is 0.751. The Morgan fingerprint density at radius 3 is 2.46 bits per heavy atom. The van der Waals surface area contributed by atoms with E-state index >= 15 is 0 Å². The van der Waals surface area contributed by atoms with Crippen molar-refractivity contribution in [3.05, 3.63) is 11.5 Å². The molecule has 1 atom stereocenters. The number of piperidine rings is 1. The maximum atomic E-state index is 12.8. The monoisotopic (exact) mass is 386 g/mol. The van der Waals surface area contributed by atoms with Gasteiger partial charge in [-0.15, -0.1) is 0 Å². The van der Waals surface area contributed by atoms with Crippen LogP contribution in [0.5, 0.6) is 0 Å². The van der Waals surface area contributed by atoms with E-state index in [0.717, 1.165) is 6.54 Å². The van der Waals surface area contributed by atoms with Crippen LogP contribution in [-0.2, 0) is 14.8 Å². The van der Waals surface area contributed by atoms with Crippen molar-refractivity contribution in [1.29, 1.82) is 0 Å². The zero-order valence-electron chi connectivity index (χ0n) is 16.3. The van der Waals surface area contributed by atoms with E-state index in [1.54, 1.807) is 13.8 Å². The van der Waals surface area contributed by atoms with E-state index in [9.17, 15) is 13.2 Å². The Morgan fingerprint density at radius 1 is 1.35 bits per heavy atom. The summed E-state index contributed by atoms with van der Waals surface area (Å²) in [5.41, 5.74) is 0.387. The number of aromatic nitrogens is 1. The number of sulfonamides is 1. The van der Waals surface area contributed by atoms with Crippen LogP contribution in [0.15, 0.2) is 9.42 Å². The third-order valence-electron chi connectivity index (χ3n) is 5.04. The normalized spacial score (nSPS) is 18.2. The van der Waals surface area contributed by atoms with Gasteiger partial charge in [-0.25, -0.2) is 8.42 Å². The Bertz CT molecular complexity index is 702. The number of aryl methyl sites for hydroxylation is 2. The van der Waals surface area contributed by atoms with Crippen molar-refractivity contribution in [3.63, 3.8) is 0 Å². The average Bonchev–Trinajstić information content (AvgIpc) is 2.93. The van der Waals surface area contributed by atoms with E-state index in [2.05, 4.69) is 10.5 Å². The van der Waals surface area contributed by atoms with E-state index < -0.39 is 10.0 Å². The highest BCUT2D eigenvalue weighted by atomic mass is 32.2. The number of nitrogens with one attached hydrogen (secondary N) is 1. The second-order valence-corrected chi connectivity index (χ2v) is 9.15. The highest BCUT2D eigenvalue weighted by Crippen LogP contribution is 2.30. The summed E-state index contributed by atoms with van der Waals surface area (Å²) in [5, 5.41) is 6.70. The molecule has 1 aliphatic heterocycles. The second kappa shape index (κ2) is 8.49. The zero-order valence-corrected chi connectivity index (χ0v) is 17.1. The topological polar surface area (TPSA) is 95.8 Å². The van der Waals surface area contributed by atoms with Crippen LogP contribution in [0.3, 0.4) is 0 Å². The van der Waals surface area contributed by atoms with Crippen LogP contribution in [0, 0.1) is 25.7 Å². The Hall–Kier alpha value is -1.45. The smallest absolute Gasteiger partial charge is 0.248 e. The van der Waals surface area contributed by atoms with Gasteiger partial charge in [-0.05, 0) is 46.7 Å². The first kappa shape index (κ1) is 20.9. The molecule has 1 fully saturated rings. The van der Waals surface area contributed by atoms with Gasteiger partial charge in [-0.3, -0.25) is 4.79 Å². The van der Waals surface area contributed by atoms with E-state index in [0.29, 0.717) is 43.9 Å². The molecule has 1 unspecified atom stereocenters. The molecule has 0 bridgehead atoms. The van der Waals surface area contributed by atoms with Crippen LogP contribution in [0.2, 0.25) is 0 Å². The van der Waals surface area contributed by atoms with Crippen LogP contribution < -0.4 is 5.32 Å². The molecule has 2 heterocycles. The van der Waals surface area contributed by atoms with E-state index in [1.165, 1.54) is 4.31 Å². The predicted molar refractivity (Wildman–Crippen MR) is 98.2 cm³/mol. The molecule has 0 spiro atoms. The molecule has 8 nitrogen and oxygen atoms in total. The summed E-state index contributed by atoms with van der Waals surface area (Å²) in [6.07, 6.45) is 1.34. The van der Waals surface area contributed by atoms with Crippen molar-refractivity contribution < 1.29 is 17.7 Å². The molecule has 0 aliphatic carbocycles. The minimum absolute atomic E-state index is 0.0406. The Labute approximate surface area is 155 Å². The fourth-order valence-corrected chi connectivity index (χ4v) is 5.13. The molecular formula is C17H30N4O4S. The molecule has 1 saturated heterocycles. The fraction of sp³-hybridized carbons (Fsp3) is 0.765. The maximum Gasteiger partial charge on any atom is 0.248 e. The first-order valence-electron chi connectivity index (χ1n) is 9.00. The average molecular weight is 387 g/mol. The lowest BCUT2D eigenvalue weighted by Gasteiger charge is -2.33. The van der Waals surface area contributed by atoms with Crippen molar-refractivity contribution in [3.8, 4) is 0 Å². The summed E-state index contributed by atoms with van der Waals surface area (Å²) in [6, 6.07) is 0. The lowest BCUT2D eigenvalue weighted by atomic mass is 9.85. The lowest BCUT2D eigenvalue weighted by molar-refractivity contribution is -0.126. The largest absolute Gasteiger partial charge is 0.360 e. The summed E-state index contributed by atoms with van der Waals surface area (Å²) in [4.78, 5) is 14.5. The van der Waals surface area contributed by atoms with Crippen molar-refractivity contribution in [2.24, 2.45) is 11.8 Å². The van der Waals surface area contributed by atoms with Gasteiger partial charge in [0.05, 0.1) is 0 Å². The molecule has 1 N–H and O–H groups in total. The molecule has 1 aromatic rings. The number of hydrogen-bond acceptors (Lipinski definition) is 6. The van der Waals surface area contributed by atoms with Gasteiger partial charge in [-0.2, -0.15) is 4.31 Å². The summed E-state index contributed by atoms with van der Waals surface area (Å²) in [7, 11) is 0.324. The van der Waals surface area contributed by atoms with Gasteiger partial charge in [0, 0.05) is 32.1 Å². The van der Waals surface area contributed by atoms with Crippen LogP contribution >= 0.6 is 0 Å². The standard InChI is InChI=1S/C17H30N4O4S/c1-12(17(22)18-8-11-20(4)5)15-6-9-21(10-7-15)26(23,24)16-13(2)19-25-14(16)3/h12,15H,6-11H2,1-5H3,(H,18,22). The van der Waals surface area contributed by atoms with Gasteiger partial charge in [0.1, 0.15) is 10.6 Å². The summed E-state index contributed by atoms with van der Waals surface area (Å²) < 4.78 is 32.2. The van der Waals surface area contributed by atoms with E-state index in [-0.39, 0.29) is 22.6 Å². The van der Waals surface area contributed by atoms with Gasteiger partial charge in [0.15, 0.2) is 5.76 Å². The number of nitrogens with zero attached hydrogens (tertiary/aromatic N) is 3. The molecular weight excluding hydrogens is 356 g/mol. The van der Waals surface area contributed by atoms with E-state index in [1.807, 2.05) is 25.9 Å². The third kappa shape index (κ3) is 4.63. The number of rotatable bonds is 7. The molecule has 0 saturated carbocycles. The maximum absolute atomic E-state index is 12.8. The van der Waals surface area contributed by atoms with Crippen molar-refractivity contribution in [2.75, 3.05) is 40.3 Å². The molecule has 148 valence electrons. The minimum atomic E-state index is -3.60.